The zero-order valence-corrected chi connectivity index (χ0v) is 11.6. The number of piperidine rings is 1. The van der Waals surface area contributed by atoms with Crippen LogP contribution in [0.3, 0.4) is 0 Å². The van der Waals surface area contributed by atoms with Gasteiger partial charge in [0.05, 0.1) is 19.6 Å². The highest BCUT2D eigenvalue weighted by molar-refractivity contribution is 5.82. The highest BCUT2D eigenvalue weighted by Gasteiger charge is 2.21. The molecule has 2 rings (SSSR count). The van der Waals surface area contributed by atoms with Crippen molar-refractivity contribution in [2.45, 2.75) is 31.8 Å². The lowest BCUT2D eigenvalue weighted by Gasteiger charge is -2.23. The molecule has 0 aliphatic carbocycles. The normalized spacial score (nSPS) is 18.4. The fourth-order valence-corrected chi connectivity index (χ4v) is 2.33. The number of rotatable bonds is 5. The molecule has 1 amide bonds. The molecule has 1 fully saturated rings. The second-order valence-corrected chi connectivity index (χ2v) is 4.89. The van der Waals surface area contributed by atoms with Gasteiger partial charge in [-0.05, 0) is 24.0 Å². The van der Waals surface area contributed by atoms with Crippen LogP contribution < -0.4 is 10.6 Å². The molecule has 1 saturated heterocycles. The predicted octanol–water partition coefficient (Wildman–Crippen LogP) is 0.770. The van der Waals surface area contributed by atoms with Crippen LogP contribution in [0.2, 0.25) is 0 Å². The molecule has 2 N–H and O–H groups in total. The fraction of sp³-hybridized carbons (Fsp3) is 0.467. The smallest absolute Gasteiger partial charge is 0.309 e. The Balaban J connectivity index is 1.98. The second-order valence-electron chi connectivity index (χ2n) is 4.89. The van der Waals surface area contributed by atoms with Crippen molar-refractivity contribution in [1.82, 2.24) is 10.6 Å². The van der Waals surface area contributed by atoms with Crippen LogP contribution in [0.1, 0.15) is 24.0 Å². The number of methoxy groups -OCH3 is 1. The molecule has 1 aliphatic heterocycles. The maximum Gasteiger partial charge on any atom is 0.309 e. The van der Waals surface area contributed by atoms with Gasteiger partial charge in [0.2, 0.25) is 5.91 Å². The lowest BCUT2D eigenvalue weighted by molar-refractivity contribution is -0.139. The number of esters is 1. The molecular weight excluding hydrogens is 256 g/mol. The maximum absolute atomic E-state index is 11.7. The minimum Gasteiger partial charge on any atom is -0.469 e. The van der Waals surface area contributed by atoms with Crippen LogP contribution in [0, 0.1) is 0 Å². The van der Waals surface area contributed by atoms with Gasteiger partial charge in [-0.2, -0.15) is 0 Å². The monoisotopic (exact) mass is 276 g/mol. The van der Waals surface area contributed by atoms with E-state index in [1.165, 1.54) is 7.11 Å². The van der Waals surface area contributed by atoms with Gasteiger partial charge < -0.3 is 15.4 Å². The first kappa shape index (κ1) is 14.5. The van der Waals surface area contributed by atoms with Crippen molar-refractivity contribution in [2.75, 3.05) is 13.7 Å². The van der Waals surface area contributed by atoms with Crippen LogP contribution in [0.5, 0.6) is 0 Å². The van der Waals surface area contributed by atoms with E-state index >= 15 is 0 Å². The minimum atomic E-state index is -0.257. The largest absolute Gasteiger partial charge is 0.469 e. The van der Waals surface area contributed by atoms with Gasteiger partial charge in [0.1, 0.15) is 0 Å². The third-order valence-corrected chi connectivity index (χ3v) is 3.51. The Labute approximate surface area is 118 Å². The van der Waals surface area contributed by atoms with Gasteiger partial charge in [0, 0.05) is 13.1 Å². The van der Waals surface area contributed by atoms with Gasteiger partial charge in [-0.3, -0.25) is 9.59 Å². The van der Waals surface area contributed by atoms with Crippen LogP contribution in [-0.4, -0.2) is 31.6 Å². The summed E-state index contributed by atoms with van der Waals surface area (Å²) in [5.41, 5.74) is 1.96. The van der Waals surface area contributed by atoms with Gasteiger partial charge in [0.15, 0.2) is 0 Å². The van der Waals surface area contributed by atoms with Gasteiger partial charge in [0.25, 0.3) is 0 Å². The molecule has 0 bridgehead atoms. The number of carbonyl (C=O) groups is 2. The summed E-state index contributed by atoms with van der Waals surface area (Å²) >= 11 is 0. The number of benzene rings is 1. The molecular formula is C15H20N2O3. The molecule has 5 nitrogen and oxygen atoms in total. The van der Waals surface area contributed by atoms with Crippen molar-refractivity contribution in [3.05, 3.63) is 35.4 Å². The average Bonchev–Trinajstić information content (AvgIpc) is 2.47. The Bertz CT molecular complexity index is 488. The molecule has 0 radical (unpaired) electrons. The maximum atomic E-state index is 11.7. The van der Waals surface area contributed by atoms with E-state index in [4.69, 9.17) is 4.74 Å². The quantitative estimate of drug-likeness (QED) is 0.780. The Morgan fingerprint density at radius 2 is 2.15 bits per heavy atom. The number of hydrogen-bond acceptors (Lipinski definition) is 4. The number of carbonyl (C=O) groups excluding carboxylic acids is 2. The van der Waals surface area contributed by atoms with E-state index in [0.717, 1.165) is 30.5 Å². The molecule has 0 aromatic heterocycles. The average molecular weight is 276 g/mol. The van der Waals surface area contributed by atoms with Crippen LogP contribution in [-0.2, 0) is 27.3 Å². The Hall–Kier alpha value is -1.88. The summed E-state index contributed by atoms with van der Waals surface area (Å²) in [4.78, 5) is 23.1. The number of ether oxygens (including phenoxy) is 1. The van der Waals surface area contributed by atoms with E-state index < -0.39 is 0 Å². The van der Waals surface area contributed by atoms with Crippen molar-refractivity contribution in [2.24, 2.45) is 0 Å². The second kappa shape index (κ2) is 7.05. The standard InChI is InChI=1S/C15H20N2O3/c1-20-14(18)9-11-5-2-3-6-12(11)10-17-13-7-4-8-16-15(13)19/h2-3,5-6,13,17H,4,7-10H2,1H3,(H,16,19). The zero-order chi connectivity index (χ0) is 14.4. The SMILES string of the molecule is COC(=O)Cc1ccccc1CNC1CCCNC1=O. The van der Waals surface area contributed by atoms with Gasteiger partial charge in [-0.25, -0.2) is 0 Å². The third kappa shape index (κ3) is 3.81. The van der Waals surface area contributed by atoms with Crippen molar-refractivity contribution < 1.29 is 14.3 Å². The molecule has 5 heteroatoms. The van der Waals surface area contributed by atoms with E-state index in [1.807, 2.05) is 24.3 Å². The summed E-state index contributed by atoms with van der Waals surface area (Å²) < 4.78 is 4.70. The molecule has 0 spiro atoms. The molecule has 1 unspecified atom stereocenters. The first-order chi connectivity index (χ1) is 9.70. The van der Waals surface area contributed by atoms with E-state index in [1.54, 1.807) is 0 Å². The van der Waals surface area contributed by atoms with E-state index in [2.05, 4.69) is 10.6 Å². The summed E-state index contributed by atoms with van der Waals surface area (Å²) in [5, 5.41) is 6.10. The molecule has 1 aromatic carbocycles. The zero-order valence-electron chi connectivity index (χ0n) is 11.6. The first-order valence-electron chi connectivity index (χ1n) is 6.85. The van der Waals surface area contributed by atoms with Crippen LogP contribution in [0.4, 0.5) is 0 Å². The molecule has 108 valence electrons. The van der Waals surface area contributed by atoms with Gasteiger partial charge >= 0.3 is 5.97 Å². The van der Waals surface area contributed by atoms with Gasteiger partial charge in [-0.15, -0.1) is 0 Å². The number of amides is 1. The fourth-order valence-electron chi connectivity index (χ4n) is 2.33. The molecule has 0 saturated carbocycles. The number of hydrogen-bond donors (Lipinski definition) is 2. The molecule has 1 heterocycles. The van der Waals surface area contributed by atoms with Crippen molar-refractivity contribution >= 4 is 11.9 Å². The lowest BCUT2D eigenvalue weighted by Crippen LogP contribution is -2.48. The molecule has 1 aliphatic rings. The summed E-state index contributed by atoms with van der Waals surface area (Å²) in [7, 11) is 1.38. The Morgan fingerprint density at radius 3 is 2.85 bits per heavy atom. The van der Waals surface area contributed by atoms with Crippen LogP contribution >= 0.6 is 0 Å². The Morgan fingerprint density at radius 1 is 1.40 bits per heavy atom. The van der Waals surface area contributed by atoms with Crippen LogP contribution in [0.25, 0.3) is 0 Å². The van der Waals surface area contributed by atoms with Crippen molar-refractivity contribution in [3.63, 3.8) is 0 Å². The summed E-state index contributed by atoms with van der Waals surface area (Å²) in [6.45, 7) is 1.33. The Kier molecular flexibility index (Phi) is 5.12. The van der Waals surface area contributed by atoms with E-state index in [0.29, 0.717) is 6.54 Å². The summed E-state index contributed by atoms with van der Waals surface area (Å²) in [6, 6.07) is 7.56. The van der Waals surface area contributed by atoms with Crippen molar-refractivity contribution in [1.29, 1.82) is 0 Å². The predicted molar refractivity (Wildman–Crippen MR) is 75.0 cm³/mol. The highest BCUT2D eigenvalue weighted by Crippen LogP contribution is 2.11. The van der Waals surface area contributed by atoms with E-state index in [9.17, 15) is 9.59 Å². The first-order valence-corrected chi connectivity index (χ1v) is 6.85. The van der Waals surface area contributed by atoms with Crippen molar-refractivity contribution in [3.8, 4) is 0 Å². The topological polar surface area (TPSA) is 67.4 Å². The lowest BCUT2D eigenvalue weighted by atomic mass is 10.0. The summed E-state index contributed by atoms with van der Waals surface area (Å²) in [5.74, 6) is -0.199. The van der Waals surface area contributed by atoms with E-state index in [-0.39, 0.29) is 24.3 Å². The number of nitrogens with one attached hydrogen (secondary N) is 2. The van der Waals surface area contributed by atoms with Crippen LogP contribution in [0.15, 0.2) is 24.3 Å². The van der Waals surface area contributed by atoms with Gasteiger partial charge in [-0.1, -0.05) is 24.3 Å². The minimum absolute atomic E-state index is 0.0571. The molecule has 1 aromatic rings. The molecule has 20 heavy (non-hydrogen) atoms. The third-order valence-electron chi connectivity index (χ3n) is 3.51. The summed E-state index contributed by atoms with van der Waals surface area (Å²) in [6.07, 6.45) is 2.10. The molecule has 1 atom stereocenters. The highest BCUT2D eigenvalue weighted by atomic mass is 16.5.